The van der Waals surface area contributed by atoms with Crippen LogP contribution in [0.15, 0.2) is 46.9 Å². The largest absolute Gasteiger partial charge is 0.309 e. The molecule has 1 N–H and O–H groups in total. The average Bonchev–Trinajstić information content (AvgIpc) is 2.40. The lowest BCUT2D eigenvalue weighted by Gasteiger charge is -2.06. The smallest absolute Gasteiger partial charge is 0.270 e. The maximum Gasteiger partial charge on any atom is 0.270 e. The van der Waals surface area contributed by atoms with Gasteiger partial charge in [-0.1, -0.05) is 28.1 Å². The van der Waals surface area contributed by atoms with Gasteiger partial charge in [-0.2, -0.15) is 0 Å². The molecule has 0 amide bonds. The summed E-state index contributed by atoms with van der Waals surface area (Å²) in [5, 5.41) is 13.9. The van der Waals surface area contributed by atoms with Gasteiger partial charge < -0.3 is 5.32 Å². The Morgan fingerprint density at radius 1 is 1.10 bits per heavy atom. The topological polar surface area (TPSA) is 55.2 Å². The molecular formula is C14H12BrFN2O2. The van der Waals surface area contributed by atoms with Crippen LogP contribution in [0.4, 0.5) is 10.1 Å². The minimum Gasteiger partial charge on any atom is -0.309 e. The van der Waals surface area contributed by atoms with Gasteiger partial charge in [-0.05, 0) is 29.3 Å². The molecule has 0 aliphatic heterocycles. The Bertz CT molecular complexity index is 617. The van der Waals surface area contributed by atoms with E-state index in [0.29, 0.717) is 17.6 Å². The van der Waals surface area contributed by atoms with E-state index in [1.165, 1.54) is 24.3 Å². The first-order chi connectivity index (χ1) is 9.54. The Labute approximate surface area is 123 Å². The lowest BCUT2D eigenvalue weighted by Crippen LogP contribution is -2.12. The molecule has 4 nitrogen and oxygen atoms in total. The van der Waals surface area contributed by atoms with E-state index >= 15 is 0 Å². The van der Waals surface area contributed by atoms with Crippen LogP contribution in [0.25, 0.3) is 0 Å². The molecule has 104 valence electrons. The van der Waals surface area contributed by atoms with Crippen molar-refractivity contribution in [3.05, 3.63) is 74.0 Å². The third kappa shape index (κ3) is 4.11. The molecule has 0 heterocycles. The molecule has 2 rings (SSSR count). The molecule has 20 heavy (non-hydrogen) atoms. The predicted octanol–water partition coefficient (Wildman–Crippen LogP) is 3.79. The summed E-state index contributed by atoms with van der Waals surface area (Å²) in [6, 6.07) is 11.0. The van der Waals surface area contributed by atoms with Crippen LogP contribution in [0.5, 0.6) is 0 Å². The number of hydrogen-bond donors (Lipinski definition) is 1. The molecule has 0 aliphatic rings. The standard InChI is InChI=1S/C14H12BrFN2O2/c15-12-5-11(6-14(7-12)18(19)20)9-17-8-10-1-3-13(16)4-2-10/h1-7,17H,8-9H2. The summed E-state index contributed by atoms with van der Waals surface area (Å²) in [5.74, 6) is -0.267. The minimum absolute atomic E-state index is 0.0537. The van der Waals surface area contributed by atoms with Gasteiger partial charge >= 0.3 is 0 Å². The highest BCUT2D eigenvalue weighted by Gasteiger charge is 2.08. The number of non-ortho nitro benzene ring substituents is 1. The van der Waals surface area contributed by atoms with Crippen LogP contribution in [0.1, 0.15) is 11.1 Å². The second-order valence-corrected chi connectivity index (χ2v) is 5.22. The second kappa shape index (κ2) is 6.58. The van der Waals surface area contributed by atoms with Crippen molar-refractivity contribution >= 4 is 21.6 Å². The highest BCUT2D eigenvalue weighted by atomic mass is 79.9. The number of nitro benzene ring substituents is 1. The summed E-state index contributed by atoms with van der Waals surface area (Å²) in [5.41, 5.74) is 1.82. The van der Waals surface area contributed by atoms with Gasteiger partial charge in [0.15, 0.2) is 0 Å². The summed E-state index contributed by atoms with van der Waals surface area (Å²) >= 11 is 3.25. The predicted molar refractivity (Wildman–Crippen MR) is 77.7 cm³/mol. The van der Waals surface area contributed by atoms with Crippen LogP contribution in [0, 0.1) is 15.9 Å². The minimum atomic E-state index is -0.422. The van der Waals surface area contributed by atoms with Gasteiger partial charge in [0.05, 0.1) is 4.92 Å². The first kappa shape index (κ1) is 14.6. The van der Waals surface area contributed by atoms with Gasteiger partial charge in [0, 0.05) is 29.7 Å². The van der Waals surface area contributed by atoms with E-state index < -0.39 is 4.92 Å². The molecule has 0 saturated heterocycles. The van der Waals surface area contributed by atoms with Crippen molar-refractivity contribution in [3.8, 4) is 0 Å². The molecule has 0 bridgehead atoms. The summed E-state index contributed by atoms with van der Waals surface area (Å²) in [7, 11) is 0. The van der Waals surface area contributed by atoms with E-state index in [0.717, 1.165) is 11.1 Å². The zero-order chi connectivity index (χ0) is 14.5. The normalized spacial score (nSPS) is 10.5. The van der Waals surface area contributed by atoms with Crippen LogP contribution in [0.3, 0.4) is 0 Å². The highest BCUT2D eigenvalue weighted by Crippen LogP contribution is 2.21. The van der Waals surface area contributed by atoms with Crippen molar-refractivity contribution < 1.29 is 9.31 Å². The number of hydrogen-bond acceptors (Lipinski definition) is 3. The third-order valence-electron chi connectivity index (χ3n) is 2.72. The lowest BCUT2D eigenvalue weighted by molar-refractivity contribution is -0.385. The van der Waals surface area contributed by atoms with Crippen LogP contribution in [0.2, 0.25) is 0 Å². The maximum atomic E-state index is 12.7. The molecule has 2 aromatic rings. The van der Waals surface area contributed by atoms with Crippen molar-refractivity contribution in [1.82, 2.24) is 5.32 Å². The Morgan fingerprint density at radius 2 is 1.75 bits per heavy atom. The Balaban J connectivity index is 1.97. The number of benzene rings is 2. The first-order valence-electron chi connectivity index (χ1n) is 5.93. The number of halogens is 2. The molecule has 0 fully saturated rings. The molecular weight excluding hydrogens is 327 g/mol. The van der Waals surface area contributed by atoms with Crippen molar-refractivity contribution in [2.75, 3.05) is 0 Å². The number of nitrogens with zero attached hydrogens (tertiary/aromatic N) is 1. The fraction of sp³-hybridized carbons (Fsp3) is 0.143. The lowest BCUT2D eigenvalue weighted by atomic mass is 10.2. The quantitative estimate of drug-likeness (QED) is 0.666. The molecule has 6 heteroatoms. The van der Waals surface area contributed by atoms with Gasteiger partial charge in [0.2, 0.25) is 0 Å². The molecule has 0 saturated carbocycles. The van der Waals surface area contributed by atoms with E-state index in [4.69, 9.17) is 0 Å². The maximum absolute atomic E-state index is 12.7. The summed E-state index contributed by atoms with van der Waals surface area (Å²) in [6.07, 6.45) is 0. The highest BCUT2D eigenvalue weighted by molar-refractivity contribution is 9.10. The van der Waals surface area contributed by atoms with E-state index in [-0.39, 0.29) is 11.5 Å². The summed E-state index contributed by atoms with van der Waals surface area (Å²) in [4.78, 5) is 10.3. The zero-order valence-electron chi connectivity index (χ0n) is 10.5. The van der Waals surface area contributed by atoms with Crippen molar-refractivity contribution in [3.63, 3.8) is 0 Å². The number of nitrogens with one attached hydrogen (secondary N) is 1. The van der Waals surface area contributed by atoms with Crippen molar-refractivity contribution in [1.29, 1.82) is 0 Å². The van der Waals surface area contributed by atoms with E-state index in [1.807, 2.05) is 6.07 Å². The third-order valence-corrected chi connectivity index (χ3v) is 3.18. The molecule has 0 atom stereocenters. The molecule has 0 radical (unpaired) electrons. The van der Waals surface area contributed by atoms with Crippen molar-refractivity contribution in [2.24, 2.45) is 0 Å². The molecule has 0 aromatic heterocycles. The second-order valence-electron chi connectivity index (χ2n) is 4.30. The molecule has 0 unspecified atom stereocenters. The van der Waals surface area contributed by atoms with Crippen LogP contribution < -0.4 is 5.32 Å². The van der Waals surface area contributed by atoms with Crippen molar-refractivity contribution in [2.45, 2.75) is 13.1 Å². The molecule has 2 aromatic carbocycles. The fourth-order valence-corrected chi connectivity index (χ4v) is 2.32. The zero-order valence-corrected chi connectivity index (χ0v) is 12.1. The summed E-state index contributed by atoms with van der Waals surface area (Å²) < 4.78 is 13.4. The Hall–Kier alpha value is -1.79. The van der Waals surface area contributed by atoms with Crippen LogP contribution >= 0.6 is 15.9 Å². The van der Waals surface area contributed by atoms with E-state index in [1.54, 1.807) is 12.1 Å². The average molecular weight is 339 g/mol. The number of rotatable bonds is 5. The fourth-order valence-electron chi connectivity index (χ4n) is 1.79. The summed E-state index contributed by atoms with van der Waals surface area (Å²) in [6.45, 7) is 1.07. The van der Waals surface area contributed by atoms with Gasteiger partial charge in [0.1, 0.15) is 5.82 Å². The van der Waals surface area contributed by atoms with Gasteiger partial charge in [-0.3, -0.25) is 10.1 Å². The molecule has 0 spiro atoms. The Kier molecular flexibility index (Phi) is 4.81. The monoisotopic (exact) mass is 338 g/mol. The van der Waals surface area contributed by atoms with Crippen LogP contribution in [-0.4, -0.2) is 4.92 Å². The SMILES string of the molecule is O=[N+]([O-])c1cc(Br)cc(CNCc2ccc(F)cc2)c1. The van der Waals surface area contributed by atoms with Gasteiger partial charge in [-0.25, -0.2) is 4.39 Å². The molecule has 0 aliphatic carbocycles. The van der Waals surface area contributed by atoms with E-state index in [9.17, 15) is 14.5 Å². The van der Waals surface area contributed by atoms with Gasteiger partial charge in [0.25, 0.3) is 5.69 Å². The van der Waals surface area contributed by atoms with Crippen LogP contribution in [-0.2, 0) is 13.1 Å². The van der Waals surface area contributed by atoms with Gasteiger partial charge in [-0.15, -0.1) is 0 Å². The first-order valence-corrected chi connectivity index (χ1v) is 6.73. The number of nitro groups is 1. The van der Waals surface area contributed by atoms with E-state index in [2.05, 4.69) is 21.2 Å². The Morgan fingerprint density at radius 3 is 2.40 bits per heavy atom.